The third-order valence-electron chi connectivity index (χ3n) is 1.83. The molecule has 0 bridgehead atoms. The molecule has 2 aromatic heterocycles. The van der Waals surface area contributed by atoms with E-state index in [4.69, 9.17) is 10.0 Å². The highest BCUT2D eigenvalue weighted by Crippen LogP contribution is 2.00. The predicted octanol–water partition coefficient (Wildman–Crippen LogP) is -1.05. The third-order valence-corrected chi connectivity index (χ3v) is 1.83. The van der Waals surface area contributed by atoms with Crippen LogP contribution in [0.15, 0.2) is 36.8 Å². The van der Waals surface area contributed by atoms with Gasteiger partial charge in [-0.15, -0.1) is 0 Å². The fraction of sp³-hybridized carbons (Fsp3) is 0. The quantitative estimate of drug-likeness (QED) is 0.591. The summed E-state index contributed by atoms with van der Waals surface area (Å²) in [6, 6.07) is 5.08. The molecule has 2 rings (SSSR count). The Labute approximate surface area is 80.8 Å². The van der Waals surface area contributed by atoms with Crippen LogP contribution in [0.2, 0.25) is 0 Å². The molecular weight excluding hydrogens is 181 g/mol. The molecule has 0 aromatic carbocycles. The maximum atomic E-state index is 9.03. The minimum atomic E-state index is -1.53. The van der Waals surface area contributed by atoms with Crippen molar-refractivity contribution >= 4 is 12.7 Å². The molecule has 2 aromatic rings. The minimum absolute atomic E-state index is 0.318. The van der Waals surface area contributed by atoms with E-state index >= 15 is 0 Å². The van der Waals surface area contributed by atoms with E-state index in [1.807, 2.05) is 0 Å². The van der Waals surface area contributed by atoms with Crippen molar-refractivity contribution in [2.75, 3.05) is 0 Å². The number of aromatic nitrogens is 3. The Morgan fingerprint density at radius 2 is 2.07 bits per heavy atom. The Balaban J connectivity index is 2.47. The summed E-state index contributed by atoms with van der Waals surface area (Å²) in [6.45, 7) is 0. The van der Waals surface area contributed by atoms with Crippen molar-refractivity contribution in [3.8, 4) is 5.69 Å². The first-order chi connectivity index (χ1) is 6.79. The van der Waals surface area contributed by atoms with E-state index in [0.717, 1.165) is 0 Å². The maximum Gasteiger partial charge on any atom is 0.508 e. The van der Waals surface area contributed by atoms with E-state index in [2.05, 4.69) is 10.1 Å². The number of rotatable bonds is 2. The van der Waals surface area contributed by atoms with Gasteiger partial charge in [0.1, 0.15) is 0 Å². The first-order valence-corrected chi connectivity index (χ1v) is 4.09. The fourth-order valence-corrected chi connectivity index (χ4v) is 1.20. The van der Waals surface area contributed by atoms with Gasteiger partial charge in [-0.3, -0.25) is 4.98 Å². The Morgan fingerprint density at radius 3 is 2.71 bits per heavy atom. The van der Waals surface area contributed by atoms with Crippen molar-refractivity contribution in [3.63, 3.8) is 0 Å². The van der Waals surface area contributed by atoms with Crippen LogP contribution in [0.3, 0.4) is 0 Å². The molecular formula is C8H8BN3O2. The molecule has 0 fully saturated rings. The van der Waals surface area contributed by atoms with Crippen LogP contribution in [0.5, 0.6) is 0 Å². The van der Waals surface area contributed by atoms with Gasteiger partial charge in [-0.1, -0.05) is 0 Å². The van der Waals surface area contributed by atoms with E-state index in [-0.39, 0.29) is 0 Å². The number of hydrogen-bond acceptors (Lipinski definition) is 4. The van der Waals surface area contributed by atoms with E-state index in [1.165, 1.54) is 16.9 Å². The highest BCUT2D eigenvalue weighted by atomic mass is 16.4. The van der Waals surface area contributed by atoms with Crippen LogP contribution in [0.25, 0.3) is 5.69 Å². The van der Waals surface area contributed by atoms with Crippen LogP contribution in [-0.4, -0.2) is 31.9 Å². The van der Waals surface area contributed by atoms with Crippen molar-refractivity contribution in [2.45, 2.75) is 0 Å². The normalized spacial score (nSPS) is 10.1. The second-order valence-electron chi connectivity index (χ2n) is 2.75. The van der Waals surface area contributed by atoms with Crippen molar-refractivity contribution < 1.29 is 10.0 Å². The largest absolute Gasteiger partial charge is 0.508 e. The molecule has 0 unspecified atom stereocenters. The summed E-state index contributed by atoms with van der Waals surface area (Å²) in [5.41, 5.74) is 1.01. The summed E-state index contributed by atoms with van der Waals surface area (Å²) < 4.78 is 1.43. The predicted molar refractivity (Wildman–Crippen MR) is 51.2 cm³/mol. The third kappa shape index (κ3) is 1.52. The standard InChI is InChI=1S/C8H8BN3O2/c13-9(14)8-3-5-11-12(8)7-2-1-4-10-6-7/h1-6,13-14H. The first kappa shape index (κ1) is 8.92. The van der Waals surface area contributed by atoms with Crippen molar-refractivity contribution in [3.05, 3.63) is 36.8 Å². The van der Waals surface area contributed by atoms with Crippen LogP contribution >= 0.6 is 0 Å². The average molecular weight is 189 g/mol. The number of hydrogen-bond donors (Lipinski definition) is 2. The molecule has 0 saturated heterocycles. The van der Waals surface area contributed by atoms with Crippen LogP contribution in [0.4, 0.5) is 0 Å². The molecule has 0 aliphatic heterocycles. The van der Waals surface area contributed by atoms with Crippen molar-refractivity contribution in [2.24, 2.45) is 0 Å². The molecule has 0 aliphatic carbocycles. The summed E-state index contributed by atoms with van der Waals surface area (Å²) in [7, 11) is -1.53. The zero-order valence-corrected chi connectivity index (χ0v) is 7.28. The highest BCUT2D eigenvalue weighted by molar-refractivity contribution is 6.57. The zero-order chi connectivity index (χ0) is 9.97. The van der Waals surface area contributed by atoms with Gasteiger partial charge in [-0.25, -0.2) is 4.68 Å². The molecule has 0 atom stereocenters. The maximum absolute atomic E-state index is 9.03. The van der Waals surface area contributed by atoms with Gasteiger partial charge in [0, 0.05) is 12.4 Å². The monoisotopic (exact) mass is 189 g/mol. The Morgan fingerprint density at radius 1 is 1.21 bits per heavy atom. The lowest BCUT2D eigenvalue weighted by molar-refractivity contribution is 0.423. The number of pyridine rings is 1. The van der Waals surface area contributed by atoms with Crippen molar-refractivity contribution in [1.82, 2.24) is 14.8 Å². The van der Waals surface area contributed by atoms with E-state index in [0.29, 0.717) is 11.3 Å². The van der Waals surface area contributed by atoms with Gasteiger partial charge in [0.2, 0.25) is 0 Å². The molecule has 5 nitrogen and oxygen atoms in total. The van der Waals surface area contributed by atoms with Gasteiger partial charge in [-0.2, -0.15) is 5.10 Å². The van der Waals surface area contributed by atoms with E-state index < -0.39 is 7.12 Å². The van der Waals surface area contributed by atoms with E-state index in [1.54, 1.807) is 24.5 Å². The molecule has 70 valence electrons. The minimum Gasteiger partial charge on any atom is -0.422 e. The number of nitrogens with zero attached hydrogens (tertiary/aromatic N) is 3. The van der Waals surface area contributed by atoms with Crippen LogP contribution < -0.4 is 5.59 Å². The smallest absolute Gasteiger partial charge is 0.422 e. The van der Waals surface area contributed by atoms with Gasteiger partial charge in [0.05, 0.1) is 17.5 Å². The summed E-state index contributed by atoms with van der Waals surface area (Å²) in [4.78, 5) is 3.92. The summed E-state index contributed by atoms with van der Waals surface area (Å²) in [5, 5.41) is 22.0. The van der Waals surface area contributed by atoms with Gasteiger partial charge in [0.25, 0.3) is 0 Å². The fourth-order valence-electron chi connectivity index (χ4n) is 1.20. The van der Waals surface area contributed by atoms with Gasteiger partial charge in [0.15, 0.2) is 0 Å². The SMILES string of the molecule is OB(O)c1ccnn1-c1cccnc1. The Kier molecular flexibility index (Phi) is 2.30. The highest BCUT2D eigenvalue weighted by Gasteiger charge is 2.17. The molecule has 6 heteroatoms. The second kappa shape index (κ2) is 3.61. The molecule has 0 spiro atoms. The van der Waals surface area contributed by atoms with E-state index in [9.17, 15) is 0 Å². The second-order valence-corrected chi connectivity index (χ2v) is 2.75. The zero-order valence-electron chi connectivity index (χ0n) is 7.28. The topological polar surface area (TPSA) is 71.2 Å². The van der Waals surface area contributed by atoms with Gasteiger partial charge >= 0.3 is 7.12 Å². The first-order valence-electron chi connectivity index (χ1n) is 4.09. The van der Waals surface area contributed by atoms with Crippen LogP contribution in [0.1, 0.15) is 0 Å². The van der Waals surface area contributed by atoms with Crippen molar-refractivity contribution in [1.29, 1.82) is 0 Å². The van der Waals surface area contributed by atoms with Gasteiger partial charge in [-0.05, 0) is 18.2 Å². The van der Waals surface area contributed by atoms with Gasteiger partial charge < -0.3 is 10.0 Å². The lowest BCUT2D eigenvalue weighted by Crippen LogP contribution is -2.36. The summed E-state index contributed by atoms with van der Waals surface area (Å²) >= 11 is 0. The summed E-state index contributed by atoms with van der Waals surface area (Å²) in [6.07, 6.45) is 4.74. The molecule has 0 amide bonds. The molecule has 0 radical (unpaired) electrons. The molecule has 14 heavy (non-hydrogen) atoms. The lowest BCUT2D eigenvalue weighted by atomic mass is 9.86. The van der Waals surface area contributed by atoms with Crippen LogP contribution in [-0.2, 0) is 0 Å². The average Bonchev–Trinajstić information content (AvgIpc) is 2.67. The molecule has 2 N–H and O–H groups in total. The summed E-state index contributed by atoms with van der Waals surface area (Å²) in [5.74, 6) is 0. The Hall–Kier alpha value is -1.66. The molecule has 2 heterocycles. The molecule has 0 aliphatic rings. The molecule has 0 saturated carbocycles. The Bertz CT molecular complexity index is 416. The lowest BCUT2D eigenvalue weighted by Gasteiger charge is -2.04. The van der Waals surface area contributed by atoms with Crippen LogP contribution in [0, 0.1) is 0 Å².